The summed E-state index contributed by atoms with van der Waals surface area (Å²) in [5.74, 6) is -0.798. The summed E-state index contributed by atoms with van der Waals surface area (Å²) in [7, 11) is 1.58. The van der Waals surface area contributed by atoms with Crippen molar-refractivity contribution in [1.29, 1.82) is 0 Å². The number of hydrogen-bond acceptors (Lipinski definition) is 8. The summed E-state index contributed by atoms with van der Waals surface area (Å²) in [6.45, 7) is 10.3. The van der Waals surface area contributed by atoms with Gasteiger partial charge in [0, 0.05) is 25.6 Å². The SMILES string of the molecule is CCN(CC)CCOC(=O)C(C)OC1C2C=COC2C(OC)C2OC(C)=CC(=O)C12. The normalized spacial score (nSPS) is 33.3. The largest absolute Gasteiger partial charge is 0.495 e. The van der Waals surface area contributed by atoms with E-state index in [-0.39, 0.29) is 17.8 Å². The standard InChI is InChI=1S/C22H33NO7/c1-6-23(7-2)9-11-28-22(25)14(4)30-18-15-8-10-27-19(15)21(26-5)20-17(18)16(24)12-13(3)29-20/h8,10,12,14-15,17-21H,6-7,9,11H2,1-5H3. The van der Waals surface area contributed by atoms with E-state index in [0.29, 0.717) is 18.9 Å². The van der Waals surface area contributed by atoms with Gasteiger partial charge < -0.3 is 28.6 Å². The van der Waals surface area contributed by atoms with E-state index in [4.69, 9.17) is 23.7 Å². The molecule has 0 saturated heterocycles. The van der Waals surface area contributed by atoms with Crippen molar-refractivity contribution in [3.05, 3.63) is 24.2 Å². The van der Waals surface area contributed by atoms with Crippen LogP contribution in [0.1, 0.15) is 27.7 Å². The van der Waals surface area contributed by atoms with Crippen LogP contribution in [0.25, 0.3) is 0 Å². The van der Waals surface area contributed by atoms with Gasteiger partial charge in [0.25, 0.3) is 0 Å². The second-order valence-electron chi connectivity index (χ2n) is 7.91. The molecule has 7 atom stereocenters. The molecule has 3 rings (SSSR count). The number of carbonyl (C=O) groups excluding carboxylic acids is 2. The van der Waals surface area contributed by atoms with Gasteiger partial charge in [-0.1, -0.05) is 13.8 Å². The minimum atomic E-state index is -0.819. The molecule has 30 heavy (non-hydrogen) atoms. The van der Waals surface area contributed by atoms with E-state index < -0.39 is 36.3 Å². The Hall–Kier alpha value is -1.90. The van der Waals surface area contributed by atoms with E-state index >= 15 is 0 Å². The zero-order valence-corrected chi connectivity index (χ0v) is 18.4. The van der Waals surface area contributed by atoms with Gasteiger partial charge in [0.2, 0.25) is 0 Å². The van der Waals surface area contributed by atoms with E-state index in [1.807, 2.05) is 6.08 Å². The van der Waals surface area contributed by atoms with Crippen LogP contribution in [0.5, 0.6) is 0 Å². The highest BCUT2D eigenvalue weighted by molar-refractivity contribution is 5.94. The number of methoxy groups -OCH3 is 1. The van der Waals surface area contributed by atoms with Crippen molar-refractivity contribution in [2.24, 2.45) is 11.8 Å². The molecule has 8 nitrogen and oxygen atoms in total. The lowest BCUT2D eigenvalue weighted by atomic mass is 9.71. The Bertz CT molecular complexity index is 687. The predicted molar refractivity (Wildman–Crippen MR) is 109 cm³/mol. The molecular formula is C22H33NO7. The van der Waals surface area contributed by atoms with Gasteiger partial charge >= 0.3 is 5.97 Å². The van der Waals surface area contributed by atoms with E-state index in [0.717, 1.165) is 13.1 Å². The van der Waals surface area contributed by atoms with Gasteiger partial charge in [-0.05, 0) is 33.0 Å². The smallest absolute Gasteiger partial charge is 0.335 e. The number of likely N-dealkylation sites (N-methyl/N-ethyl adjacent to an activating group) is 1. The van der Waals surface area contributed by atoms with Crippen LogP contribution in [0.4, 0.5) is 0 Å². The Labute approximate surface area is 178 Å². The number of esters is 1. The molecule has 7 unspecified atom stereocenters. The predicted octanol–water partition coefficient (Wildman–Crippen LogP) is 1.69. The molecule has 1 aliphatic carbocycles. The fraction of sp³-hybridized carbons (Fsp3) is 0.727. The lowest BCUT2D eigenvalue weighted by Gasteiger charge is -2.48. The molecule has 1 saturated carbocycles. The van der Waals surface area contributed by atoms with Crippen molar-refractivity contribution in [3.8, 4) is 0 Å². The number of ketones is 1. The first-order chi connectivity index (χ1) is 14.4. The number of rotatable bonds is 9. The highest BCUT2D eigenvalue weighted by Crippen LogP contribution is 2.43. The molecule has 0 amide bonds. The molecule has 0 bridgehead atoms. The lowest BCUT2D eigenvalue weighted by Crippen LogP contribution is -2.62. The van der Waals surface area contributed by atoms with Gasteiger partial charge in [-0.3, -0.25) is 4.79 Å². The molecule has 0 aromatic carbocycles. The van der Waals surface area contributed by atoms with Gasteiger partial charge in [-0.2, -0.15) is 0 Å². The Kier molecular flexibility index (Phi) is 7.55. The van der Waals surface area contributed by atoms with Gasteiger partial charge in [0.05, 0.1) is 24.0 Å². The van der Waals surface area contributed by atoms with Crippen LogP contribution in [-0.4, -0.2) is 80.5 Å². The van der Waals surface area contributed by atoms with E-state index in [2.05, 4.69) is 18.7 Å². The second kappa shape index (κ2) is 9.94. The van der Waals surface area contributed by atoms with Gasteiger partial charge in [-0.25, -0.2) is 4.79 Å². The topological polar surface area (TPSA) is 83.5 Å². The minimum absolute atomic E-state index is 0.0864. The third-order valence-corrected chi connectivity index (χ3v) is 6.16. The van der Waals surface area contributed by atoms with Gasteiger partial charge in [-0.15, -0.1) is 0 Å². The minimum Gasteiger partial charge on any atom is -0.495 e. The van der Waals surface area contributed by atoms with E-state index in [9.17, 15) is 9.59 Å². The molecule has 2 heterocycles. The number of hydrogen-bond donors (Lipinski definition) is 0. The molecule has 8 heteroatoms. The Morgan fingerprint density at radius 3 is 2.63 bits per heavy atom. The number of nitrogens with zero attached hydrogens (tertiary/aromatic N) is 1. The third kappa shape index (κ3) is 4.55. The molecule has 0 aromatic rings. The summed E-state index contributed by atoms with van der Waals surface area (Å²) in [5.41, 5.74) is 0. The number of allylic oxidation sites excluding steroid dienone is 2. The monoisotopic (exact) mass is 423 g/mol. The summed E-state index contributed by atoms with van der Waals surface area (Å²) < 4.78 is 28.9. The number of carbonyl (C=O) groups is 2. The molecular weight excluding hydrogens is 390 g/mol. The molecule has 0 N–H and O–H groups in total. The molecule has 168 valence electrons. The number of ether oxygens (including phenoxy) is 5. The summed E-state index contributed by atoms with van der Waals surface area (Å²) >= 11 is 0. The van der Waals surface area contributed by atoms with Crippen molar-refractivity contribution in [2.75, 3.05) is 33.4 Å². The highest BCUT2D eigenvalue weighted by atomic mass is 16.6. The summed E-state index contributed by atoms with van der Waals surface area (Å²) in [6.07, 6.45) is 2.26. The van der Waals surface area contributed by atoms with Crippen LogP contribution in [0, 0.1) is 11.8 Å². The Morgan fingerprint density at radius 1 is 1.23 bits per heavy atom. The van der Waals surface area contributed by atoms with Crippen LogP contribution < -0.4 is 0 Å². The highest BCUT2D eigenvalue weighted by Gasteiger charge is 2.58. The zero-order valence-electron chi connectivity index (χ0n) is 18.4. The Morgan fingerprint density at radius 2 is 1.97 bits per heavy atom. The summed E-state index contributed by atoms with van der Waals surface area (Å²) in [5, 5.41) is 0. The lowest BCUT2D eigenvalue weighted by molar-refractivity contribution is -0.208. The average Bonchev–Trinajstić information content (AvgIpc) is 3.20. The summed E-state index contributed by atoms with van der Waals surface area (Å²) in [6, 6.07) is 0. The van der Waals surface area contributed by atoms with Crippen molar-refractivity contribution in [2.45, 2.75) is 58.2 Å². The van der Waals surface area contributed by atoms with E-state index in [1.54, 1.807) is 27.2 Å². The van der Waals surface area contributed by atoms with Gasteiger partial charge in [0.15, 0.2) is 11.9 Å². The van der Waals surface area contributed by atoms with Gasteiger partial charge in [0.1, 0.15) is 24.9 Å². The fourth-order valence-electron chi connectivity index (χ4n) is 4.51. The maximum Gasteiger partial charge on any atom is 0.335 e. The average molecular weight is 424 g/mol. The Balaban J connectivity index is 1.70. The zero-order chi connectivity index (χ0) is 21.8. The quantitative estimate of drug-likeness (QED) is 0.518. The fourth-order valence-corrected chi connectivity index (χ4v) is 4.51. The molecule has 1 fully saturated rings. The van der Waals surface area contributed by atoms with Crippen LogP contribution in [0.15, 0.2) is 24.2 Å². The first-order valence-electron chi connectivity index (χ1n) is 10.7. The molecule has 0 aromatic heterocycles. The molecule has 0 radical (unpaired) electrons. The second-order valence-corrected chi connectivity index (χ2v) is 7.91. The van der Waals surface area contributed by atoms with Crippen molar-refractivity contribution in [3.63, 3.8) is 0 Å². The maximum absolute atomic E-state index is 12.9. The molecule has 0 spiro atoms. The first kappa shape index (κ1) is 22.8. The van der Waals surface area contributed by atoms with Crippen LogP contribution in [0.2, 0.25) is 0 Å². The van der Waals surface area contributed by atoms with Crippen LogP contribution >= 0.6 is 0 Å². The first-order valence-corrected chi connectivity index (χ1v) is 10.7. The molecule has 3 aliphatic rings. The van der Waals surface area contributed by atoms with Crippen molar-refractivity contribution >= 4 is 11.8 Å². The van der Waals surface area contributed by atoms with Crippen LogP contribution in [-0.2, 0) is 33.3 Å². The number of fused-ring (bicyclic) bond motifs is 2. The van der Waals surface area contributed by atoms with Crippen LogP contribution in [0.3, 0.4) is 0 Å². The molecule has 2 aliphatic heterocycles. The van der Waals surface area contributed by atoms with Crippen molar-refractivity contribution in [1.82, 2.24) is 4.90 Å². The van der Waals surface area contributed by atoms with E-state index in [1.165, 1.54) is 6.08 Å². The maximum atomic E-state index is 12.9. The summed E-state index contributed by atoms with van der Waals surface area (Å²) in [4.78, 5) is 27.6. The van der Waals surface area contributed by atoms with Crippen molar-refractivity contribution < 1.29 is 33.3 Å². The third-order valence-electron chi connectivity index (χ3n) is 6.16.